The average molecular weight is 349 g/mol. The first-order valence-electron chi connectivity index (χ1n) is 8.15. The summed E-state index contributed by atoms with van der Waals surface area (Å²) in [6.07, 6.45) is 4.44. The fourth-order valence-electron chi connectivity index (χ4n) is 3.17. The number of hydrogen-bond acceptors (Lipinski definition) is 3. The van der Waals surface area contributed by atoms with Gasteiger partial charge in [0.2, 0.25) is 0 Å². The van der Waals surface area contributed by atoms with Gasteiger partial charge in [0.25, 0.3) is 5.91 Å². The van der Waals surface area contributed by atoms with E-state index in [-0.39, 0.29) is 5.91 Å². The Balaban J connectivity index is 1.92. The van der Waals surface area contributed by atoms with Crippen molar-refractivity contribution in [1.82, 2.24) is 9.88 Å². The number of aromatic nitrogens is 1. The first-order chi connectivity index (χ1) is 11.1. The van der Waals surface area contributed by atoms with E-state index in [4.69, 9.17) is 11.6 Å². The van der Waals surface area contributed by atoms with Crippen LogP contribution in [0.15, 0.2) is 24.3 Å². The third-order valence-corrected chi connectivity index (χ3v) is 5.96. The van der Waals surface area contributed by atoms with Crippen molar-refractivity contribution in [2.45, 2.75) is 45.6 Å². The fourth-order valence-corrected chi connectivity index (χ4v) is 4.51. The second-order valence-corrected chi connectivity index (χ2v) is 7.38. The zero-order valence-electron chi connectivity index (χ0n) is 13.5. The van der Waals surface area contributed by atoms with Crippen molar-refractivity contribution in [3.63, 3.8) is 0 Å². The maximum absolute atomic E-state index is 13.0. The number of aryl methyl sites for hydroxylation is 1. The highest BCUT2D eigenvalue weighted by Gasteiger charge is 2.29. The number of nitrogens with zero attached hydrogens (tertiary/aromatic N) is 2. The molecule has 1 aromatic heterocycles. The van der Waals surface area contributed by atoms with Gasteiger partial charge < -0.3 is 4.90 Å². The number of amides is 1. The van der Waals surface area contributed by atoms with E-state index in [0.29, 0.717) is 11.1 Å². The highest BCUT2D eigenvalue weighted by Crippen LogP contribution is 2.34. The molecule has 1 unspecified atom stereocenters. The molecule has 2 aromatic rings. The monoisotopic (exact) mass is 348 g/mol. The van der Waals surface area contributed by atoms with Gasteiger partial charge in [-0.3, -0.25) is 4.79 Å². The minimum absolute atomic E-state index is 0.129. The Kier molecular flexibility index (Phi) is 5.02. The largest absolute Gasteiger partial charge is 0.335 e. The van der Waals surface area contributed by atoms with E-state index in [1.54, 1.807) is 0 Å². The number of carbonyl (C=O) groups is 1. The first-order valence-corrected chi connectivity index (χ1v) is 9.34. The summed E-state index contributed by atoms with van der Waals surface area (Å²) in [6, 6.07) is 8.01. The summed E-state index contributed by atoms with van der Waals surface area (Å²) in [7, 11) is 0. The number of hydrogen-bond donors (Lipinski definition) is 0. The van der Waals surface area contributed by atoms with Crippen LogP contribution in [0.5, 0.6) is 0 Å². The van der Waals surface area contributed by atoms with Gasteiger partial charge in [0, 0.05) is 18.2 Å². The Morgan fingerprint density at radius 3 is 2.91 bits per heavy atom. The number of rotatable bonds is 3. The predicted molar refractivity (Wildman–Crippen MR) is 96.3 cm³/mol. The molecule has 2 heterocycles. The molecule has 1 fully saturated rings. The molecule has 0 radical (unpaired) electrons. The summed E-state index contributed by atoms with van der Waals surface area (Å²) in [5.41, 5.74) is 1.70. The van der Waals surface area contributed by atoms with E-state index in [1.807, 2.05) is 36.1 Å². The van der Waals surface area contributed by atoms with Gasteiger partial charge in [0.15, 0.2) is 0 Å². The molecule has 122 valence electrons. The maximum atomic E-state index is 13.0. The van der Waals surface area contributed by atoms with E-state index in [1.165, 1.54) is 17.8 Å². The van der Waals surface area contributed by atoms with Gasteiger partial charge in [-0.05, 0) is 38.7 Å². The molecule has 5 heteroatoms. The van der Waals surface area contributed by atoms with E-state index in [0.717, 1.165) is 46.9 Å². The molecule has 0 bridgehead atoms. The number of benzene rings is 1. The summed E-state index contributed by atoms with van der Waals surface area (Å²) in [5.74, 6) is 0.129. The van der Waals surface area contributed by atoms with Crippen molar-refractivity contribution in [2.75, 3.05) is 6.54 Å². The lowest BCUT2D eigenvalue weighted by Crippen LogP contribution is -2.43. The lowest BCUT2D eigenvalue weighted by atomic mass is 10.00. The van der Waals surface area contributed by atoms with E-state index < -0.39 is 0 Å². The summed E-state index contributed by atoms with van der Waals surface area (Å²) in [6.45, 7) is 4.93. The van der Waals surface area contributed by atoms with Gasteiger partial charge in [-0.25, -0.2) is 4.98 Å². The normalized spacial score (nSPS) is 18.2. The summed E-state index contributed by atoms with van der Waals surface area (Å²) >= 11 is 7.72. The van der Waals surface area contributed by atoms with Crippen LogP contribution in [0.2, 0.25) is 5.02 Å². The molecule has 3 rings (SSSR count). The maximum Gasteiger partial charge on any atom is 0.266 e. The van der Waals surface area contributed by atoms with Gasteiger partial charge >= 0.3 is 0 Å². The smallest absolute Gasteiger partial charge is 0.266 e. The number of halogens is 1. The third kappa shape index (κ3) is 3.29. The first kappa shape index (κ1) is 16.5. The molecule has 1 aliphatic heterocycles. The van der Waals surface area contributed by atoms with E-state index in [9.17, 15) is 4.79 Å². The second kappa shape index (κ2) is 7.02. The van der Waals surface area contributed by atoms with Crippen molar-refractivity contribution >= 4 is 28.8 Å². The topological polar surface area (TPSA) is 33.2 Å². The average Bonchev–Trinajstić information content (AvgIpc) is 2.96. The number of likely N-dealkylation sites (tertiary alicyclic amines) is 1. The van der Waals surface area contributed by atoms with Crippen LogP contribution >= 0.6 is 22.9 Å². The highest BCUT2D eigenvalue weighted by molar-refractivity contribution is 7.17. The van der Waals surface area contributed by atoms with Crippen molar-refractivity contribution in [3.05, 3.63) is 39.9 Å². The van der Waals surface area contributed by atoms with Crippen LogP contribution in [0.4, 0.5) is 0 Å². The number of thiazole rings is 1. The molecule has 0 saturated carbocycles. The molecule has 0 N–H and O–H groups in total. The predicted octanol–water partition coefficient (Wildman–Crippen LogP) is 5.18. The van der Waals surface area contributed by atoms with Crippen LogP contribution in [0.1, 0.15) is 48.0 Å². The Hall–Kier alpha value is -1.39. The zero-order chi connectivity index (χ0) is 16.4. The quantitative estimate of drug-likeness (QED) is 0.766. The number of piperidine rings is 1. The Bertz CT molecular complexity index is 713. The van der Waals surface area contributed by atoms with Crippen molar-refractivity contribution < 1.29 is 4.79 Å². The van der Waals surface area contributed by atoms with Crippen LogP contribution in [0.3, 0.4) is 0 Å². The molecule has 1 atom stereocenters. The molecular formula is C18H21ClN2OS. The van der Waals surface area contributed by atoms with Crippen LogP contribution < -0.4 is 0 Å². The minimum atomic E-state index is 0.129. The minimum Gasteiger partial charge on any atom is -0.335 e. The summed E-state index contributed by atoms with van der Waals surface area (Å²) in [4.78, 5) is 20.4. The van der Waals surface area contributed by atoms with Crippen LogP contribution in [-0.4, -0.2) is 28.4 Å². The van der Waals surface area contributed by atoms with Gasteiger partial charge in [-0.15, -0.1) is 11.3 Å². The molecule has 1 aliphatic rings. The fraction of sp³-hybridized carbons (Fsp3) is 0.444. The molecule has 23 heavy (non-hydrogen) atoms. The third-order valence-electron chi connectivity index (χ3n) is 4.45. The molecule has 1 amide bonds. The Morgan fingerprint density at radius 1 is 1.39 bits per heavy atom. The second-order valence-electron chi connectivity index (χ2n) is 5.97. The van der Waals surface area contributed by atoms with Crippen LogP contribution in [0.25, 0.3) is 10.6 Å². The standard InChI is InChI=1S/C18H21ClN2OS/c1-3-13-8-6-7-11-21(13)18(22)16-12(2)20-17(23-16)14-9-4-5-10-15(14)19/h4-5,9-10,13H,3,6-8,11H2,1-2H3. The molecule has 1 aromatic carbocycles. The highest BCUT2D eigenvalue weighted by atomic mass is 35.5. The molecule has 1 saturated heterocycles. The Labute approximate surface area is 146 Å². The van der Waals surface area contributed by atoms with E-state index in [2.05, 4.69) is 11.9 Å². The molecule has 3 nitrogen and oxygen atoms in total. The van der Waals surface area contributed by atoms with Gasteiger partial charge in [-0.2, -0.15) is 0 Å². The summed E-state index contributed by atoms with van der Waals surface area (Å²) in [5, 5.41) is 1.49. The molecule has 0 aliphatic carbocycles. The van der Waals surface area contributed by atoms with Crippen molar-refractivity contribution in [1.29, 1.82) is 0 Å². The van der Waals surface area contributed by atoms with Crippen LogP contribution in [0, 0.1) is 6.92 Å². The van der Waals surface area contributed by atoms with Crippen LogP contribution in [-0.2, 0) is 0 Å². The molecule has 0 spiro atoms. The van der Waals surface area contributed by atoms with Gasteiger partial charge in [-0.1, -0.05) is 36.7 Å². The van der Waals surface area contributed by atoms with Gasteiger partial charge in [0.1, 0.15) is 9.88 Å². The molecular weight excluding hydrogens is 328 g/mol. The lowest BCUT2D eigenvalue weighted by Gasteiger charge is -2.35. The van der Waals surface area contributed by atoms with E-state index >= 15 is 0 Å². The van der Waals surface area contributed by atoms with Crippen molar-refractivity contribution in [3.8, 4) is 10.6 Å². The van der Waals surface area contributed by atoms with Gasteiger partial charge in [0.05, 0.1) is 10.7 Å². The Morgan fingerprint density at radius 2 is 2.17 bits per heavy atom. The summed E-state index contributed by atoms with van der Waals surface area (Å²) < 4.78 is 0. The lowest BCUT2D eigenvalue weighted by molar-refractivity contribution is 0.0612. The zero-order valence-corrected chi connectivity index (χ0v) is 15.1. The SMILES string of the molecule is CCC1CCCCN1C(=O)c1sc(-c2ccccc2Cl)nc1C. The van der Waals surface area contributed by atoms with Crippen molar-refractivity contribution in [2.24, 2.45) is 0 Å². The number of carbonyl (C=O) groups excluding carboxylic acids is 1.